The molecule has 3 rings (SSSR count). The van der Waals surface area contributed by atoms with Crippen LogP contribution in [0.3, 0.4) is 0 Å². The van der Waals surface area contributed by atoms with Crippen LogP contribution in [0.2, 0.25) is 0 Å². The number of nitrogens with one attached hydrogen (secondary N) is 1. The summed E-state index contributed by atoms with van der Waals surface area (Å²) in [5.74, 6) is -0.867. The number of amides is 2. The van der Waals surface area contributed by atoms with E-state index in [0.717, 1.165) is 16.7 Å². The Labute approximate surface area is 171 Å². The zero-order valence-corrected chi connectivity index (χ0v) is 16.5. The molecule has 0 radical (unpaired) electrons. The summed E-state index contributed by atoms with van der Waals surface area (Å²) in [5.41, 5.74) is 7.41. The lowest BCUT2D eigenvalue weighted by atomic mass is 9.77. The molecule has 3 aromatic carbocycles. The first-order valence-corrected chi connectivity index (χ1v) is 9.81. The third kappa shape index (κ3) is 4.54. The third-order valence-electron chi connectivity index (χ3n) is 5.24. The van der Waals surface area contributed by atoms with Gasteiger partial charge in [0.2, 0.25) is 11.8 Å². The first-order chi connectivity index (χ1) is 14.0. The molecule has 0 aromatic heterocycles. The monoisotopic (exact) mass is 386 g/mol. The van der Waals surface area contributed by atoms with E-state index in [1.54, 1.807) is 6.92 Å². The molecule has 2 amide bonds. The van der Waals surface area contributed by atoms with Gasteiger partial charge in [-0.1, -0.05) is 97.9 Å². The van der Waals surface area contributed by atoms with Crippen molar-refractivity contribution < 1.29 is 9.59 Å². The zero-order chi connectivity index (χ0) is 20.7. The molecule has 0 fully saturated rings. The number of benzene rings is 3. The van der Waals surface area contributed by atoms with Gasteiger partial charge in [-0.3, -0.25) is 9.59 Å². The highest BCUT2D eigenvalue weighted by Crippen LogP contribution is 2.36. The Morgan fingerprint density at radius 1 is 0.793 bits per heavy atom. The topological polar surface area (TPSA) is 72.2 Å². The van der Waals surface area contributed by atoms with E-state index in [2.05, 4.69) is 5.32 Å². The molecule has 4 heteroatoms. The zero-order valence-electron chi connectivity index (χ0n) is 16.5. The predicted molar refractivity (Wildman–Crippen MR) is 115 cm³/mol. The standard InChI is InChI=1S/C25H26N2O2/c1-19(24(26)29)17-18-23(28)27-25(20-11-5-2-6-12-20,21-13-7-3-8-14-21)22-15-9-4-10-16-22/h2-16,19H,17-18H2,1H3,(H2,26,29)(H,27,28)/t19-/m0/s1. The molecule has 3 aromatic rings. The van der Waals surface area contributed by atoms with E-state index in [1.165, 1.54) is 0 Å². The first kappa shape index (κ1) is 20.3. The quantitative estimate of drug-likeness (QED) is 0.575. The molecule has 0 aliphatic rings. The minimum atomic E-state index is -0.836. The van der Waals surface area contributed by atoms with E-state index in [9.17, 15) is 9.59 Å². The summed E-state index contributed by atoms with van der Waals surface area (Å²) in [6.07, 6.45) is 0.633. The maximum absolute atomic E-state index is 13.0. The summed E-state index contributed by atoms with van der Waals surface area (Å²) in [7, 11) is 0. The molecule has 3 N–H and O–H groups in total. The van der Waals surface area contributed by atoms with Crippen molar-refractivity contribution in [3.63, 3.8) is 0 Å². The SMILES string of the molecule is C[C@@H](CCC(=O)NC(c1ccccc1)(c1ccccc1)c1ccccc1)C(N)=O. The van der Waals surface area contributed by atoms with Gasteiger partial charge in [0.15, 0.2) is 0 Å². The molecule has 29 heavy (non-hydrogen) atoms. The van der Waals surface area contributed by atoms with E-state index in [-0.39, 0.29) is 18.2 Å². The van der Waals surface area contributed by atoms with Crippen molar-refractivity contribution in [3.05, 3.63) is 108 Å². The van der Waals surface area contributed by atoms with Gasteiger partial charge in [-0.25, -0.2) is 0 Å². The van der Waals surface area contributed by atoms with Crippen molar-refractivity contribution in [2.24, 2.45) is 11.7 Å². The molecule has 0 aliphatic carbocycles. The van der Waals surface area contributed by atoms with Crippen LogP contribution in [0.1, 0.15) is 36.5 Å². The van der Waals surface area contributed by atoms with Gasteiger partial charge in [0.05, 0.1) is 0 Å². The van der Waals surface area contributed by atoms with Crippen molar-refractivity contribution >= 4 is 11.8 Å². The van der Waals surface area contributed by atoms with Crippen molar-refractivity contribution in [1.82, 2.24) is 5.32 Å². The Morgan fingerprint density at radius 2 is 1.17 bits per heavy atom. The van der Waals surface area contributed by atoms with E-state index in [4.69, 9.17) is 5.73 Å². The summed E-state index contributed by atoms with van der Waals surface area (Å²) < 4.78 is 0. The molecule has 1 atom stereocenters. The highest BCUT2D eigenvalue weighted by Gasteiger charge is 2.37. The van der Waals surface area contributed by atoms with E-state index in [0.29, 0.717) is 6.42 Å². The van der Waals surface area contributed by atoms with Crippen molar-refractivity contribution in [1.29, 1.82) is 0 Å². The van der Waals surface area contributed by atoms with Gasteiger partial charge < -0.3 is 11.1 Å². The second kappa shape index (κ2) is 9.20. The number of hydrogen-bond donors (Lipinski definition) is 2. The molecule has 0 heterocycles. The van der Waals surface area contributed by atoms with Crippen LogP contribution in [0.4, 0.5) is 0 Å². The largest absolute Gasteiger partial charge is 0.369 e. The van der Waals surface area contributed by atoms with Crippen molar-refractivity contribution in [2.45, 2.75) is 25.3 Å². The van der Waals surface area contributed by atoms with Crippen LogP contribution in [0.15, 0.2) is 91.0 Å². The number of rotatable bonds is 8. The molecule has 0 unspecified atom stereocenters. The first-order valence-electron chi connectivity index (χ1n) is 9.81. The summed E-state index contributed by atoms with van der Waals surface area (Å²) in [6.45, 7) is 1.74. The fourth-order valence-corrected chi connectivity index (χ4v) is 3.54. The Bertz CT molecular complexity index is 844. The molecule has 0 saturated carbocycles. The minimum Gasteiger partial charge on any atom is -0.369 e. The Morgan fingerprint density at radius 3 is 1.52 bits per heavy atom. The lowest BCUT2D eigenvalue weighted by Crippen LogP contribution is -2.48. The summed E-state index contributed by atoms with van der Waals surface area (Å²) in [5, 5.41) is 3.28. The summed E-state index contributed by atoms with van der Waals surface area (Å²) in [4.78, 5) is 24.4. The fraction of sp³-hybridized carbons (Fsp3) is 0.200. The predicted octanol–water partition coefficient (Wildman–Crippen LogP) is 4.00. The Balaban J connectivity index is 2.08. The highest BCUT2D eigenvalue weighted by molar-refractivity contribution is 5.81. The molecule has 0 saturated heterocycles. The highest BCUT2D eigenvalue weighted by atomic mass is 16.2. The smallest absolute Gasteiger partial charge is 0.221 e. The fourth-order valence-electron chi connectivity index (χ4n) is 3.54. The lowest BCUT2D eigenvalue weighted by Gasteiger charge is -2.37. The van der Waals surface area contributed by atoms with Gasteiger partial charge >= 0.3 is 0 Å². The number of carbonyl (C=O) groups excluding carboxylic acids is 2. The molecule has 148 valence electrons. The maximum Gasteiger partial charge on any atom is 0.221 e. The summed E-state index contributed by atoms with van der Waals surface area (Å²) >= 11 is 0. The van der Waals surface area contributed by atoms with Crippen LogP contribution < -0.4 is 11.1 Å². The number of carbonyl (C=O) groups is 2. The average Bonchev–Trinajstić information content (AvgIpc) is 2.77. The number of hydrogen-bond acceptors (Lipinski definition) is 2. The van der Waals surface area contributed by atoms with Crippen LogP contribution >= 0.6 is 0 Å². The second-order valence-electron chi connectivity index (χ2n) is 7.24. The Hall–Kier alpha value is -3.40. The molecule has 0 spiro atoms. The second-order valence-corrected chi connectivity index (χ2v) is 7.24. The van der Waals surface area contributed by atoms with Crippen molar-refractivity contribution in [2.75, 3.05) is 0 Å². The van der Waals surface area contributed by atoms with E-state index >= 15 is 0 Å². The Kier molecular flexibility index (Phi) is 6.45. The molecular formula is C25H26N2O2. The number of primary amides is 1. The van der Waals surface area contributed by atoms with Crippen LogP contribution in [0, 0.1) is 5.92 Å². The molecule has 0 bridgehead atoms. The normalized spacial score (nSPS) is 12.2. The van der Waals surface area contributed by atoms with Crippen LogP contribution in [0.5, 0.6) is 0 Å². The van der Waals surface area contributed by atoms with Gasteiger partial charge in [-0.2, -0.15) is 0 Å². The van der Waals surface area contributed by atoms with Crippen LogP contribution in [0.25, 0.3) is 0 Å². The molecule has 4 nitrogen and oxygen atoms in total. The molecule has 0 aliphatic heterocycles. The summed E-state index contributed by atoms with van der Waals surface area (Å²) in [6, 6.07) is 29.8. The van der Waals surface area contributed by atoms with Gasteiger partial charge in [0, 0.05) is 12.3 Å². The van der Waals surface area contributed by atoms with Gasteiger partial charge in [0.1, 0.15) is 5.54 Å². The number of nitrogens with two attached hydrogens (primary N) is 1. The van der Waals surface area contributed by atoms with Gasteiger partial charge in [-0.05, 0) is 23.1 Å². The lowest BCUT2D eigenvalue weighted by molar-refractivity contribution is -0.123. The average molecular weight is 386 g/mol. The maximum atomic E-state index is 13.0. The van der Waals surface area contributed by atoms with Gasteiger partial charge in [-0.15, -0.1) is 0 Å². The third-order valence-corrected chi connectivity index (χ3v) is 5.24. The van der Waals surface area contributed by atoms with Crippen LogP contribution in [-0.2, 0) is 15.1 Å². The minimum absolute atomic E-state index is 0.130. The molecular weight excluding hydrogens is 360 g/mol. The van der Waals surface area contributed by atoms with E-state index in [1.807, 2.05) is 91.0 Å². The van der Waals surface area contributed by atoms with Gasteiger partial charge in [0.25, 0.3) is 0 Å². The van der Waals surface area contributed by atoms with Crippen LogP contribution in [-0.4, -0.2) is 11.8 Å². The van der Waals surface area contributed by atoms with Crippen molar-refractivity contribution in [3.8, 4) is 0 Å². The van der Waals surface area contributed by atoms with E-state index < -0.39 is 11.4 Å².